The number of hydrogen-bond acceptors (Lipinski definition) is 3. The first-order chi connectivity index (χ1) is 35.2. The normalized spacial score (nSPS) is 12.7. The highest BCUT2D eigenvalue weighted by molar-refractivity contribution is 6.22. The molecule has 10 aromatic carbocycles. The van der Waals surface area contributed by atoms with Crippen LogP contribution in [0.15, 0.2) is 249 Å². The summed E-state index contributed by atoms with van der Waals surface area (Å²) in [7, 11) is 0. The van der Waals surface area contributed by atoms with Crippen LogP contribution in [0.1, 0.15) is 11.3 Å². The third kappa shape index (κ3) is 6.99. The van der Waals surface area contributed by atoms with E-state index in [1.54, 1.807) is 0 Å². The zero-order valence-electron chi connectivity index (χ0n) is 38.7. The number of nitrogens with one attached hydrogen (secondary N) is 1. The van der Waals surface area contributed by atoms with E-state index in [4.69, 9.17) is 9.97 Å². The molecule has 4 heteroatoms. The van der Waals surface area contributed by atoms with Crippen LogP contribution in [0.3, 0.4) is 0 Å². The highest BCUT2D eigenvalue weighted by Gasteiger charge is 2.21. The zero-order valence-corrected chi connectivity index (χ0v) is 38.7. The van der Waals surface area contributed by atoms with Crippen molar-refractivity contribution in [3.8, 4) is 50.3 Å². The fraction of sp³-hybridized carbons (Fsp3) is 0.0149. The van der Waals surface area contributed by atoms with Crippen LogP contribution in [0.25, 0.3) is 126 Å². The van der Waals surface area contributed by atoms with Gasteiger partial charge in [-0.1, -0.05) is 170 Å². The molecule has 332 valence electrons. The number of aromatic nitrogens is 3. The number of dihydropyridines is 1. The fourth-order valence-corrected chi connectivity index (χ4v) is 11.0. The Bertz CT molecular complexity index is 4280. The van der Waals surface area contributed by atoms with Gasteiger partial charge < -0.3 is 5.32 Å². The third-order valence-corrected chi connectivity index (χ3v) is 14.4. The van der Waals surface area contributed by atoms with Gasteiger partial charge in [0.25, 0.3) is 0 Å². The highest BCUT2D eigenvalue weighted by Crippen LogP contribution is 2.46. The maximum Gasteiger partial charge on any atom is 0.146 e. The summed E-state index contributed by atoms with van der Waals surface area (Å²) in [6, 6.07) is 83.9. The molecule has 0 aliphatic carbocycles. The highest BCUT2D eigenvalue weighted by atomic mass is 15.1. The number of benzene rings is 10. The Labute approximate surface area is 411 Å². The monoisotopic (exact) mass is 904 g/mol. The van der Waals surface area contributed by atoms with E-state index in [0.717, 1.165) is 39.0 Å². The number of fused-ring (bicyclic) bond motifs is 7. The van der Waals surface area contributed by atoms with Crippen LogP contribution in [-0.4, -0.2) is 21.1 Å². The number of allylic oxidation sites excluding steroid dienone is 2. The van der Waals surface area contributed by atoms with Crippen molar-refractivity contribution in [1.82, 2.24) is 19.9 Å². The SMILES string of the molecule is C1=C(c2ccc3c(-c4ccc5ccc(-c6ccccc6)cc5c4)c4ccccc4c(-c4ccc5ccc(-c6ccccc6)cc5c4)c3c2)CNC=C1c1cccc(-n2c3ccccc3c3cccnc32)n1. The Hall–Kier alpha value is -9.38. The first-order valence-corrected chi connectivity index (χ1v) is 24.3. The molecule has 0 bridgehead atoms. The van der Waals surface area contributed by atoms with Crippen LogP contribution in [0, 0.1) is 0 Å². The van der Waals surface area contributed by atoms with E-state index in [0.29, 0.717) is 6.54 Å². The average Bonchev–Trinajstić information content (AvgIpc) is 3.78. The largest absolute Gasteiger partial charge is 0.386 e. The molecule has 0 fully saturated rings. The summed E-state index contributed by atoms with van der Waals surface area (Å²) < 4.78 is 2.18. The average molecular weight is 905 g/mol. The summed E-state index contributed by atoms with van der Waals surface area (Å²) in [5.74, 6) is 0.833. The first kappa shape index (κ1) is 40.7. The smallest absolute Gasteiger partial charge is 0.146 e. The van der Waals surface area contributed by atoms with Crippen molar-refractivity contribution in [2.75, 3.05) is 6.54 Å². The Kier molecular flexibility index (Phi) is 9.56. The minimum Gasteiger partial charge on any atom is -0.386 e. The summed E-state index contributed by atoms with van der Waals surface area (Å²) in [6.07, 6.45) is 6.26. The van der Waals surface area contributed by atoms with Crippen LogP contribution in [0.2, 0.25) is 0 Å². The van der Waals surface area contributed by atoms with Gasteiger partial charge in [-0.2, -0.15) is 0 Å². The number of para-hydroxylation sites is 1. The molecule has 1 aliphatic rings. The Morgan fingerprint density at radius 2 is 0.930 bits per heavy atom. The first-order valence-electron chi connectivity index (χ1n) is 24.3. The predicted molar refractivity (Wildman–Crippen MR) is 299 cm³/mol. The number of hydrogen-bond donors (Lipinski definition) is 1. The van der Waals surface area contributed by atoms with E-state index in [1.165, 1.54) is 98.7 Å². The van der Waals surface area contributed by atoms with Crippen LogP contribution < -0.4 is 5.32 Å². The number of rotatable bonds is 7. The molecule has 0 saturated carbocycles. The molecule has 0 unspecified atom stereocenters. The van der Waals surface area contributed by atoms with E-state index >= 15 is 0 Å². The van der Waals surface area contributed by atoms with E-state index in [-0.39, 0.29) is 0 Å². The van der Waals surface area contributed by atoms with Gasteiger partial charge in [0.2, 0.25) is 0 Å². The third-order valence-electron chi connectivity index (χ3n) is 14.4. The fourth-order valence-electron chi connectivity index (χ4n) is 11.0. The summed E-state index contributed by atoms with van der Waals surface area (Å²) in [5.41, 5.74) is 16.0. The Morgan fingerprint density at radius 1 is 0.380 bits per heavy atom. The second-order valence-electron chi connectivity index (χ2n) is 18.6. The molecule has 3 aromatic heterocycles. The second kappa shape index (κ2) is 16.7. The molecule has 4 nitrogen and oxygen atoms in total. The lowest BCUT2D eigenvalue weighted by molar-refractivity contribution is 0.984. The molecular weight excluding hydrogens is 861 g/mol. The van der Waals surface area contributed by atoms with Crippen molar-refractivity contribution < 1.29 is 0 Å². The molecule has 13 aromatic rings. The molecule has 1 aliphatic heterocycles. The van der Waals surface area contributed by atoms with Crippen molar-refractivity contribution in [1.29, 1.82) is 0 Å². The van der Waals surface area contributed by atoms with Gasteiger partial charge in [-0.05, 0) is 165 Å². The van der Waals surface area contributed by atoms with Crippen molar-refractivity contribution in [3.05, 3.63) is 260 Å². The van der Waals surface area contributed by atoms with Gasteiger partial charge in [-0.25, -0.2) is 9.97 Å². The lowest BCUT2D eigenvalue weighted by Crippen LogP contribution is -2.14. The quantitative estimate of drug-likeness (QED) is 0.162. The summed E-state index contributed by atoms with van der Waals surface area (Å²) in [6.45, 7) is 0.688. The maximum absolute atomic E-state index is 5.31. The predicted octanol–water partition coefficient (Wildman–Crippen LogP) is 16.9. The van der Waals surface area contributed by atoms with Gasteiger partial charge in [0.15, 0.2) is 0 Å². The van der Waals surface area contributed by atoms with E-state index in [1.807, 2.05) is 12.3 Å². The van der Waals surface area contributed by atoms with Crippen LogP contribution >= 0.6 is 0 Å². The lowest BCUT2D eigenvalue weighted by Gasteiger charge is -2.21. The number of pyridine rings is 2. The molecule has 4 heterocycles. The van der Waals surface area contributed by atoms with Crippen molar-refractivity contribution in [2.24, 2.45) is 0 Å². The Balaban J connectivity index is 0.949. The molecule has 71 heavy (non-hydrogen) atoms. The number of nitrogens with zero attached hydrogens (tertiary/aromatic N) is 3. The van der Waals surface area contributed by atoms with Crippen molar-refractivity contribution >= 4 is 76.2 Å². The summed E-state index contributed by atoms with van der Waals surface area (Å²) in [4.78, 5) is 10.1. The standard InChI is InChI=1S/C67H44N4/c1-3-13-43(14-4-1)47-28-24-45-26-30-50(37-52(45)35-47)65-57-18-7-8-19-58(57)66(51-31-27-46-25-29-48(36-53(46)38-51)44-15-5-2-6-16-44)61-40-49(32-33-59(61)65)54-39-55(42-68-41-54)62-21-11-23-64(70-62)71-63-22-10-9-17-56(63)60-20-12-34-69-67(60)71/h1-40,42,68H,41H2. The van der Waals surface area contributed by atoms with Crippen LogP contribution in [0.4, 0.5) is 0 Å². The molecule has 0 amide bonds. The molecule has 0 atom stereocenters. The van der Waals surface area contributed by atoms with E-state index in [2.05, 4.69) is 247 Å². The molecule has 14 rings (SSSR count). The van der Waals surface area contributed by atoms with Crippen molar-refractivity contribution in [2.45, 2.75) is 0 Å². The zero-order chi connectivity index (χ0) is 46.8. The summed E-state index contributed by atoms with van der Waals surface area (Å²) >= 11 is 0. The summed E-state index contributed by atoms with van der Waals surface area (Å²) in [5, 5.41) is 15.7. The van der Waals surface area contributed by atoms with Gasteiger partial charge in [0.05, 0.1) is 11.2 Å². The van der Waals surface area contributed by atoms with E-state index < -0.39 is 0 Å². The lowest BCUT2D eigenvalue weighted by atomic mass is 9.83. The van der Waals surface area contributed by atoms with Gasteiger partial charge >= 0.3 is 0 Å². The maximum atomic E-state index is 5.31. The second-order valence-corrected chi connectivity index (χ2v) is 18.6. The minimum absolute atomic E-state index is 0.688. The molecular formula is C67H44N4. The molecule has 0 saturated heterocycles. The van der Waals surface area contributed by atoms with Crippen LogP contribution in [0.5, 0.6) is 0 Å². The van der Waals surface area contributed by atoms with Crippen molar-refractivity contribution in [3.63, 3.8) is 0 Å². The van der Waals surface area contributed by atoms with Crippen LogP contribution in [-0.2, 0) is 0 Å². The molecule has 0 radical (unpaired) electrons. The van der Waals surface area contributed by atoms with Gasteiger partial charge in [-0.15, -0.1) is 0 Å². The van der Waals surface area contributed by atoms with Gasteiger partial charge in [0, 0.05) is 35.3 Å². The molecule has 0 spiro atoms. The van der Waals surface area contributed by atoms with Gasteiger partial charge in [-0.3, -0.25) is 4.57 Å². The van der Waals surface area contributed by atoms with Gasteiger partial charge in [0.1, 0.15) is 11.5 Å². The molecule has 1 N–H and O–H groups in total. The van der Waals surface area contributed by atoms with E-state index in [9.17, 15) is 0 Å². The topological polar surface area (TPSA) is 42.7 Å². The Morgan fingerprint density at radius 3 is 1.61 bits per heavy atom. The minimum atomic E-state index is 0.688.